The molecule has 328 valence electrons. The van der Waals surface area contributed by atoms with E-state index in [4.69, 9.17) is 56.5 Å². The third-order valence-electron chi connectivity index (χ3n) is 8.87. The molecule has 0 radical (unpaired) electrons. The molecule has 2 fully saturated rings. The number of carbonyl (C=O) groups excluding carboxylic acids is 7. The summed E-state index contributed by atoms with van der Waals surface area (Å²) in [5, 5.41) is 10.9. The summed E-state index contributed by atoms with van der Waals surface area (Å²) in [6.45, 7) is 6.34. The number of benzene rings is 2. The molecule has 0 saturated carbocycles. The van der Waals surface area contributed by atoms with Crippen molar-refractivity contribution in [1.82, 2.24) is 0 Å². The average Bonchev–Trinajstić information content (AvgIpc) is 3.46. The molecule has 5 rings (SSSR count). The van der Waals surface area contributed by atoms with E-state index < -0.39 is 115 Å². The Morgan fingerprint density at radius 3 is 1.87 bits per heavy atom. The van der Waals surface area contributed by atoms with Crippen LogP contribution in [0.1, 0.15) is 48.5 Å². The number of ether oxygens (including phenoxy) is 11. The molecule has 1 N–H and O–H groups in total. The van der Waals surface area contributed by atoms with Crippen molar-refractivity contribution in [1.29, 1.82) is 0 Å². The highest BCUT2D eigenvalue weighted by Crippen LogP contribution is 2.37. The highest BCUT2D eigenvalue weighted by molar-refractivity contribution is 5.88. The van der Waals surface area contributed by atoms with E-state index in [-0.39, 0.29) is 34.6 Å². The fourth-order valence-corrected chi connectivity index (χ4v) is 6.57. The van der Waals surface area contributed by atoms with Gasteiger partial charge in [-0.3, -0.25) is 38.4 Å². The van der Waals surface area contributed by atoms with E-state index in [1.807, 2.05) is 0 Å². The normalized spacial score (nSPS) is 24.4. The molecule has 2 saturated heterocycles. The zero-order chi connectivity index (χ0) is 44.8. The second-order valence-electron chi connectivity index (χ2n) is 13.8. The molecule has 0 bridgehead atoms. The molecule has 3 aromatic rings. The van der Waals surface area contributed by atoms with Crippen LogP contribution in [0.15, 0.2) is 51.9 Å². The van der Waals surface area contributed by atoms with Crippen LogP contribution in [0.25, 0.3) is 22.1 Å². The first-order chi connectivity index (χ1) is 28.8. The Hall–Kier alpha value is -6.74. The largest absolute Gasteiger partial charge is 0.507 e. The molecule has 21 nitrogen and oxygen atoms in total. The predicted molar refractivity (Wildman–Crippen MR) is 199 cm³/mol. The minimum Gasteiger partial charge on any atom is -0.507 e. The number of rotatable bonds is 14. The molecule has 2 aromatic carbocycles. The van der Waals surface area contributed by atoms with E-state index in [1.165, 1.54) is 30.3 Å². The van der Waals surface area contributed by atoms with Gasteiger partial charge in [0, 0.05) is 60.6 Å². The molecule has 0 aliphatic carbocycles. The van der Waals surface area contributed by atoms with Gasteiger partial charge in [0.05, 0.1) is 12.2 Å². The highest BCUT2D eigenvalue weighted by atomic mass is 16.7. The molecular weight excluding hydrogens is 816 g/mol. The SMILES string of the molecule is CC(=O)OC[C@H]1O[C@@H](Oc2cc(O)c3c(=O)c(-c4ccc(O[C@@H]5OC[C@@](COC(C)=O)(OC(C)=O)[C@H]5OC(C)=O)cc4)coc3c2)[C@H](OC(C)=O)[C@@H](OC(C)=O)[C@@H]1OC(C)=O. The molecule has 2 aliphatic rings. The lowest BCUT2D eigenvalue weighted by molar-refractivity contribution is -0.288. The van der Waals surface area contributed by atoms with Crippen molar-refractivity contribution >= 4 is 52.8 Å². The van der Waals surface area contributed by atoms with Crippen LogP contribution in [-0.4, -0.2) is 115 Å². The van der Waals surface area contributed by atoms with Crippen molar-refractivity contribution in [2.24, 2.45) is 0 Å². The zero-order valence-corrected chi connectivity index (χ0v) is 33.8. The fraction of sp³-hybridized carbons (Fsp3) is 0.450. The van der Waals surface area contributed by atoms with Crippen LogP contribution in [-0.2, 0) is 76.2 Å². The standard InChI is InChI=1S/C40H42O21/c1-18(41)50-15-31-34(54-20(3)43)35(55-21(4)44)36(56-22(5)45)38(60-31)59-27-12-29(48)32-30(13-27)51-14-28(33(32)49)25-8-10-26(11-9-25)58-39-37(57-23(6)46)40(17-53-39,61-24(7)47)16-52-19(2)42/h8-14,31,34-39,48H,15-17H2,1-7H3/t31-,34-,35+,36-,37+,38-,39+,40-/m1/s1. The van der Waals surface area contributed by atoms with Crippen LogP contribution < -0.4 is 14.9 Å². The Kier molecular flexibility index (Phi) is 14.2. The Labute approximate surface area is 345 Å². The van der Waals surface area contributed by atoms with Crippen LogP contribution in [0, 0.1) is 0 Å². The Morgan fingerprint density at radius 2 is 1.28 bits per heavy atom. The van der Waals surface area contributed by atoms with Gasteiger partial charge >= 0.3 is 41.8 Å². The minimum absolute atomic E-state index is 0.00719. The summed E-state index contributed by atoms with van der Waals surface area (Å²) in [4.78, 5) is 97.6. The quantitative estimate of drug-likeness (QED) is 0.180. The number of carbonyl (C=O) groups is 7. The summed E-state index contributed by atoms with van der Waals surface area (Å²) in [6.07, 6.45) is -9.07. The maximum Gasteiger partial charge on any atom is 0.303 e. The lowest BCUT2D eigenvalue weighted by Crippen LogP contribution is -2.63. The van der Waals surface area contributed by atoms with Crippen LogP contribution in [0.2, 0.25) is 0 Å². The van der Waals surface area contributed by atoms with Crippen molar-refractivity contribution in [2.75, 3.05) is 19.8 Å². The number of aromatic hydroxyl groups is 1. The van der Waals surface area contributed by atoms with E-state index in [9.17, 15) is 43.5 Å². The van der Waals surface area contributed by atoms with Crippen molar-refractivity contribution in [3.63, 3.8) is 0 Å². The third-order valence-corrected chi connectivity index (χ3v) is 8.87. The molecule has 0 unspecified atom stereocenters. The highest BCUT2D eigenvalue weighted by Gasteiger charge is 2.58. The van der Waals surface area contributed by atoms with E-state index >= 15 is 0 Å². The van der Waals surface area contributed by atoms with Gasteiger partial charge in [-0.1, -0.05) is 12.1 Å². The number of hydrogen-bond acceptors (Lipinski definition) is 21. The van der Waals surface area contributed by atoms with Gasteiger partial charge in [0.25, 0.3) is 0 Å². The molecule has 1 aromatic heterocycles. The Bertz CT molecular complexity index is 2230. The summed E-state index contributed by atoms with van der Waals surface area (Å²) >= 11 is 0. The van der Waals surface area contributed by atoms with E-state index in [2.05, 4.69) is 0 Å². The second kappa shape index (κ2) is 19.1. The van der Waals surface area contributed by atoms with E-state index in [0.717, 1.165) is 60.8 Å². The molecule has 8 atom stereocenters. The van der Waals surface area contributed by atoms with E-state index in [1.54, 1.807) is 0 Å². The lowest BCUT2D eigenvalue weighted by Gasteiger charge is -2.43. The number of phenols is 1. The van der Waals surface area contributed by atoms with E-state index in [0.29, 0.717) is 5.56 Å². The average molecular weight is 859 g/mol. The van der Waals surface area contributed by atoms with Gasteiger partial charge in [-0.2, -0.15) is 0 Å². The van der Waals surface area contributed by atoms with Crippen LogP contribution >= 0.6 is 0 Å². The van der Waals surface area contributed by atoms with Crippen molar-refractivity contribution in [3.8, 4) is 28.4 Å². The summed E-state index contributed by atoms with van der Waals surface area (Å²) < 4.78 is 66.5. The Morgan fingerprint density at radius 1 is 0.689 bits per heavy atom. The maximum atomic E-state index is 13.8. The molecule has 3 heterocycles. The fourth-order valence-electron chi connectivity index (χ4n) is 6.57. The summed E-state index contributed by atoms with van der Waals surface area (Å²) in [7, 11) is 0. The molecule has 21 heteroatoms. The van der Waals surface area contributed by atoms with Gasteiger partial charge in [-0.05, 0) is 17.7 Å². The van der Waals surface area contributed by atoms with Crippen LogP contribution in [0.4, 0.5) is 0 Å². The first kappa shape index (κ1) is 45.3. The number of hydrogen-bond donors (Lipinski definition) is 1. The number of esters is 7. The van der Waals surface area contributed by atoms with Crippen LogP contribution in [0.3, 0.4) is 0 Å². The summed E-state index contributed by atoms with van der Waals surface area (Å²) in [5.74, 6) is -6.10. The van der Waals surface area contributed by atoms with Crippen molar-refractivity contribution in [2.45, 2.75) is 97.2 Å². The topological polar surface area (TPSA) is 271 Å². The summed E-state index contributed by atoms with van der Waals surface area (Å²) in [6, 6.07) is 8.15. The number of fused-ring (bicyclic) bond motifs is 1. The monoisotopic (exact) mass is 858 g/mol. The molecular formula is C40H42O21. The maximum absolute atomic E-state index is 13.8. The van der Waals surface area contributed by atoms with Crippen molar-refractivity contribution < 1.29 is 95.2 Å². The Balaban J connectivity index is 1.41. The molecule has 0 amide bonds. The van der Waals surface area contributed by atoms with Gasteiger partial charge in [0.2, 0.25) is 35.8 Å². The molecule has 0 spiro atoms. The summed E-state index contributed by atoms with van der Waals surface area (Å²) in [5.41, 5.74) is -2.22. The van der Waals surface area contributed by atoms with Gasteiger partial charge in [-0.15, -0.1) is 0 Å². The van der Waals surface area contributed by atoms with Gasteiger partial charge in [0.1, 0.15) is 53.8 Å². The molecule has 61 heavy (non-hydrogen) atoms. The first-order valence-electron chi connectivity index (χ1n) is 18.4. The second-order valence-corrected chi connectivity index (χ2v) is 13.8. The van der Waals surface area contributed by atoms with Crippen molar-refractivity contribution in [3.05, 3.63) is 52.9 Å². The minimum atomic E-state index is -1.72. The number of phenolic OH excluding ortho intramolecular Hbond substituents is 1. The zero-order valence-electron chi connectivity index (χ0n) is 33.8. The predicted octanol–water partition coefficient (Wildman–Crippen LogP) is 2.16. The van der Waals surface area contributed by atoms with Gasteiger partial charge in [-0.25, -0.2) is 0 Å². The smallest absolute Gasteiger partial charge is 0.303 e. The van der Waals surface area contributed by atoms with Gasteiger partial charge in [0.15, 0.2) is 12.2 Å². The van der Waals surface area contributed by atoms with Crippen LogP contribution in [0.5, 0.6) is 17.2 Å². The lowest BCUT2D eigenvalue weighted by atomic mass is 9.98. The van der Waals surface area contributed by atoms with Gasteiger partial charge < -0.3 is 61.6 Å². The molecule has 2 aliphatic heterocycles. The third kappa shape index (κ3) is 11.1. The first-order valence-corrected chi connectivity index (χ1v) is 18.4.